The zero-order chi connectivity index (χ0) is 13.1. The Labute approximate surface area is 110 Å². The van der Waals surface area contributed by atoms with Crippen molar-refractivity contribution in [2.24, 2.45) is 0 Å². The summed E-state index contributed by atoms with van der Waals surface area (Å²) in [6.07, 6.45) is 0. The first-order chi connectivity index (χ1) is 8.60. The molecule has 2 aromatic rings. The van der Waals surface area contributed by atoms with Crippen molar-refractivity contribution in [3.63, 3.8) is 0 Å². The van der Waals surface area contributed by atoms with E-state index in [1.807, 2.05) is 0 Å². The van der Waals surface area contributed by atoms with Crippen LogP contribution in [0.5, 0.6) is 11.5 Å². The molecule has 94 valence electrons. The molecule has 0 aliphatic carbocycles. The molecular weight excluding hydrogens is 309 g/mol. The Balaban J connectivity index is 2.33. The summed E-state index contributed by atoms with van der Waals surface area (Å²) in [6.45, 7) is 0. The zero-order valence-electron chi connectivity index (χ0n) is 9.09. The van der Waals surface area contributed by atoms with E-state index in [9.17, 15) is 13.2 Å². The molecule has 0 bridgehead atoms. The van der Waals surface area contributed by atoms with Crippen LogP contribution in [-0.4, -0.2) is 0 Å². The Morgan fingerprint density at radius 2 is 1.50 bits per heavy atom. The molecule has 0 atom stereocenters. The van der Waals surface area contributed by atoms with Crippen LogP contribution in [0.2, 0.25) is 0 Å². The van der Waals surface area contributed by atoms with Gasteiger partial charge in [-0.2, -0.15) is 0 Å². The average molecular weight is 317 g/mol. The van der Waals surface area contributed by atoms with Gasteiger partial charge < -0.3 is 4.74 Å². The fourth-order valence-corrected chi connectivity index (χ4v) is 1.87. The van der Waals surface area contributed by atoms with Crippen molar-refractivity contribution >= 4 is 15.9 Å². The Hall–Kier alpha value is -1.49. The molecule has 0 amide bonds. The second-order valence-corrected chi connectivity index (χ2v) is 4.12. The van der Waals surface area contributed by atoms with Crippen LogP contribution in [0.25, 0.3) is 0 Å². The van der Waals surface area contributed by atoms with Crippen LogP contribution >= 0.6 is 15.9 Å². The Morgan fingerprint density at radius 3 is 2.11 bits per heavy atom. The summed E-state index contributed by atoms with van der Waals surface area (Å²) in [5.41, 5.74) is 0.540. The van der Waals surface area contributed by atoms with E-state index in [0.717, 1.165) is 12.1 Å². The first kappa shape index (κ1) is 13.0. The smallest absolute Gasteiger partial charge is 0.168 e. The largest absolute Gasteiger partial charge is 0.454 e. The van der Waals surface area contributed by atoms with Crippen molar-refractivity contribution in [3.05, 3.63) is 59.4 Å². The van der Waals surface area contributed by atoms with Crippen LogP contribution in [0.4, 0.5) is 13.2 Å². The van der Waals surface area contributed by atoms with E-state index in [-0.39, 0.29) is 5.75 Å². The molecule has 1 nitrogen and oxygen atoms in total. The fourth-order valence-electron chi connectivity index (χ4n) is 1.43. The van der Waals surface area contributed by atoms with Gasteiger partial charge in [-0.25, -0.2) is 13.2 Å². The SMILES string of the molecule is Fc1ccc(Oc2ccc(F)cc2CBr)c(F)c1. The minimum Gasteiger partial charge on any atom is -0.454 e. The molecule has 0 N–H and O–H groups in total. The Kier molecular flexibility index (Phi) is 3.91. The van der Waals surface area contributed by atoms with Gasteiger partial charge in [-0.05, 0) is 30.3 Å². The number of alkyl halides is 1. The van der Waals surface area contributed by atoms with E-state index >= 15 is 0 Å². The molecule has 2 rings (SSSR count). The number of rotatable bonds is 3. The lowest BCUT2D eigenvalue weighted by Gasteiger charge is -2.10. The molecule has 0 radical (unpaired) electrons. The summed E-state index contributed by atoms with van der Waals surface area (Å²) >= 11 is 3.19. The van der Waals surface area contributed by atoms with Gasteiger partial charge in [0.15, 0.2) is 11.6 Å². The third kappa shape index (κ3) is 2.85. The van der Waals surface area contributed by atoms with Gasteiger partial charge in [0, 0.05) is 17.0 Å². The normalized spacial score (nSPS) is 10.4. The number of ether oxygens (including phenoxy) is 1. The van der Waals surface area contributed by atoms with Crippen LogP contribution in [0.1, 0.15) is 5.56 Å². The van der Waals surface area contributed by atoms with Crippen molar-refractivity contribution in [3.8, 4) is 11.5 Å². The number of hydrogen-bond donors (Lipinski definition) is 0. The van der Waals surface area contributed by atoms with Gasteiger partial charge in [-0.3, -0.25) is 0 Å². The van der Waals surface area contributed by atoms with Crippen molar-refractivity contribution in [1.82, 2.24) is 0 Å². The Morgan fingerprint density at radius 1 is 0.889 bits per heavy atom. The quantitative estimate of drug-likeness (QED) is 0.740. The van der Waals surface area contributed by atoms with Crippen LogP contribution in [-0.2, 0) is 5.33 Å². The lowest BCUT2D eigenvalue weighted by atomic mass is 10.2. The molecule has 0 fully saturated rings. The highest BCUT2D eigenvalue weighted by Crippen LogP contribution is 2.29. The monoisotopic (exact) mass is 316 g/mol. The second kappa shape index (κ2) is 5.44. The van der Waals surface area contributed by atoms with Gasteiger partial charge in [0.25, 0.3) is 0 Å². The van der Waals surface area contributed by atoms with E-state index in [1.165, 1.54) is 24.3 Å². The lowest BCUT2D eigenvalue weighted by Crippen LogP contribution is -1.93. The second-order valence-electron chi connectivity index (χ2n) is 3.56. The van der Waals surface area contributed by atoms with E-state index < -0.39 is 17.5 Å². The summed E-state index contributed by atoms with van der Waals surface area (Å²) in [6, 6.07) is 6.90. The first-order valence-corrected chi connectivity index (χ1v) is 6.19. The maximum atomic E-state index is 13.4. The minimum absolute atomic E-state index is 0.106. The number of halogens is 4. The van der Waals surface area contributed by atoms with Gasteiger partial charge in [-0.15, -0.1) is 0 Å². The van der Waals surface area contributed by atoms with E-state index in [2.05, 4.69) is 15.9 Å². The summed E-state index contributed by atoms with van der Waals surface area (Å²) in [7, 11) is 0. The van der Waals surface area contributed by atoms with Crippen molar-refractivity contribution in [2.45, 2.75) is 5.33 Å². The maximum absolute atomic E-state index is 13.4. The number of hydrogen-bond acceptors (Lipinski definition) is 1. The number of benzene rings is 2. The van der Waals surface area contributed by atoms with Crippen molar-refractivity contribution in [1.29, 1.82) is 0 Å². The van der Waals surface area contributed by atoms with Gasteiger partial charge in [0.05, 0.1) is 0 Å². The summed E-state index contributed by atoms with van der Waals surface area (Å²) < 4.78 is 44.4. The average Bonchev–Trinajstić information content (AvgIpc) is 2.34. The predicted molar refractivity (Wildman–Crippen MR) is 65.5 cm³/mol. The molecular formula is C13H8BrF3O. The third-order valence-electron chi connectivity index (χ3n) is 2.28. The molecule has 2 aromatic carbocycles. The lowest BCUT2D eigenvalue weighted by molar-refractivity contribution is 0.434. The molecule has 0 unspecified atom stereocenters. The zero-order valence-corrected chi connectivity index (χ0v) is 10.7. The predicted octanol–water partition coefficient (Wildman–Crippen LogP) is 4.79. The minimum atomic E-state index is -0.806. The van der Waals surface area contributed by atoms with E-state index in [1.54, 1.807) is 0 Å². The highest BCUT2D eigenvalue weighted by atomic mass is 79.9. The van der Waals surface area contributed by atoms with Crippen LogP contribution in [0, 0.1) is 17.5 Å². The topological polar surface area (TPSA) is 9.23 Å². The summed E-state index contributed by atoms with van der Waals surface area (Å²) in [4.78, 5) is 0. The molecule has 5 heteroatoms. The van der Waals surface area contributed by atoms with Gasteiger partial charge >= 0.3 is 0 Å². The molecule has 0 spiro atoms. The van der Waals surface area contributed by atoms with Gasteiger partial charge in [0.1, 0.15) is 17.4 Å². The summed E-state index contributed by atoms with van der Waals surface area (Å²) in [5.74, 6) is -1.68. The molecule has 0 aliphatic rings. The van der Waals surface area contributed by atoms with Crippen molar-refractivity contribution in [2.75, 3.05) is 0 Å². The van der Waals surface area contributed by atoms with Crippen LogP contribution < -0.4 is 4.74 Å². The standard InChI is InChI=1S/C13H8BrF3O/c14-7-8-5-9(15)1-3-12(8)18-13-4-2-10(16)6-11(13)17/h1-6H,7H2. The fraction of sp³-hybridized carbons (Fsp3) is 0.0769. The third-order valence-corrected chi connectivity index (χ3v) is 2.88. The first-order valence-electron chi connectivity index (χ1n) is 5.07. The van der Waals surface area contributed by atoms with E-state index in [4.69, 9.17) is 4.74 Å². The molecule has 0 aliphatic heterocycles. The molecule has 0 saturated carbocycles. The highest BCUT2D eigenvalue weighted by molar-refractivity contribution is 9.08. The maximum Gasteiger partial charge on any atom is 0.168 e. The molecule has 0 aromatic heterocycles. The van der Waals surface area contributed by atoms with Crippen LogP contribution in [0.15, 0.2) is 36.4 Å². The highest BCUT2D eigenvalue weighted by Gasteiger charge is 2.09. The Bertz CT molecular complexity index is 572. The molecule has 18 heavy (non-hydrogen) atoms. The van der Waals surface area contributed by atoms with Gasteiger partial charge in [-0.1, -0.05) is 15.9 Å². The van der Waals surface area contributed by atoms with Crippen LogP contribution in [0.3, 0.4) is 0 Å². The molecule has 0 saturated heterocycles. The molecule has 0 heterocycles. The summed E-state index contributed by atoms with van der Waals surface area (Å²) in [5, 5.41) is 0.364. The van der Waals surface area contributed by atoms with Gasteiger partial charge in [0.2, 0.25) is 0 Å². The van der Waals surface area contributed by atoms with E-state index in [0.29, 0.717) is 16.6 Å². The van der Waals surface area contributed by atoms with Crippen molar-refractivity contribution < 1.29 is 17.9 Å².